The molecule has 1 aromatic rings. The fraction of sp³-hybridized carbons (Fsp3) is 0.250. The third-order valence-electron chi connectivity index (χ3n) is 1.83. The predicted octanol–water partition coefficient (Wildman–Crippen LogP) is 2.00. The molecule has 1 aromatic heterocycles. The van der Waals surface area contributed by atoms with Gasteiger partial charge in [-0.3, -0.25) is 9.59 Å². The van der Waals surface area contributed by atoms with E-state index in [4.69, 9.17) is 11.6 Å². The summed E-state index contributed by atoms with van der Waals surface area (Å²) in [4.78, 5) is 23.7. The smallest absolute Gasteiger partial charge is 0.269 e. The average molecular weight is 222 g/mol. The van der Waals surface area contributed by atoms with Crippen LogP contribution in [0.2, 0.25) is 0 Å². The second kappa shape index (κ2) is 3.88. The lowest BCUT2D eigenvalue weighted by Crippen LogP contribution is -2.17. The zero-order valence-corrected chi connectivity index (χ0v) is 7.86. The van der Waals surface area contributed by atoms with Gasteiger partial charge in [-0.1, -0.05) is 0 Å². The molecule has 0 unspecified atom stereocenters. The van der Waals surface area contributed by atoms with E-state index < -0.39 is 22.8 Å². The van der Waals surface area contributed by atoms with E-state index in [1.54, 1.807) is 0 Å². The molecule has 0 aliphatic rings. The first kappa shape index (κ1) is 10.8. The summed E-state index contributed by atoms with van der Waals surface area (Å²) >= 11 is 5.13. The molecule has 0 radical (unpaired) electrons. The van der Waals surface area contributed by atoms with Gasteiger partial charge in [0.1, 0.15) is 0 Å². The summed E-state index contributed by atoms with van der Waals surface area (Å²) in [6.45, 7) is 1.26. The monoisotopic (exact) mass is 221 g/mol. The van der Waals surface area contributed by atoms with Gasteiger partial charge in [0.15, 0.2) is 0 Å². The molecule has 0 spiro atoms. The molecule has 0 fully saturated rings. The lowest BCUT2D eigenvalue weighted by Gasteiger charge is -2.05. The molecule has 3 nitrogen and oxygen atoms in total. The van der Waals surface area contributed by atoms with E-state index in [1.807, 2.05) is 4.98 Å². The predicted molar refractivity (Wildman–Crippen MR) is 46.9 cm³/mol. The van der Waals surface area contributed by atoms with Crippen molar-refractivity contribution >= 4 is 16.8 Å². The minimum atomic E-state index is -2.92. The van der Waals surface area contributed by atoms with E-state index >= 15 is 0 Å². The molecule has 0 aliphatic heterocycles. The van der Waals surface area contributed by atoms with Crippen LogP contribution in [0.3, 0.4) is 0 Å². The van der Waals surface area contributed by atoms with Crippen molar-refractivity contribution in [2.24, 2.45) is 0 Å². The highest BCUT2D eigenvalue weighted by atomic mass is 35.5. The Balaban J connectivity index is 3.49. The van der Waals surface area contributed by atoms with E-state index in [-0.39, 0.29) is 11.1 Å². The van der Waals surface area contributed by atoms with Gasteiger partial charge in [-0.2, -0.15) is 0 Å². The van der Waals surface area contributed by atoms with Gasteiger partial charge in [0, 0.05) is 6.20 Å². The molecule has 0 aliphatic carbocycles. The second-order valence-electron chi connectivity index (χ2n) is 2.64. The van der Waals surface area contributed by atoms with Crippen molar-refractivity contribution in [3.63, 3.8) is 0 Å². The Bertz CT molecular complexity index is 428. The fourth-order valence-corrected chi connectivity index (χ4v) is 1.30. The Morgan fingerprint density at radius 3 is 2.57 bits per heavy atom. The molecule has 0 saturated heterocycles. The van der Waals surface area contributed by atoms with Gasteiger partial charge >= 0.3 is 0 Å². The van der Waals surface area contributed by atoms with Crippen LogP contribution >= 0.6 is 11.6 Å². The molecule has 1 N–H and O–H groups in total. The molecule has 76 valence electrons. The van der Waals surface area contributed by atoms with E-state index in [9.17, 15) is 18.4 Å². The highest BCUT2D eigenvalue weighted by Crippen LogP contribution is 2.21. The van der Waals surface area contributed by atoms with E-state index in [0.717, 1.165) is 6.20 Å². The van der Waals surface area contributed by atoms with Gasteiger partial charge < -0.3 is 4.98 Å². The van der Waals surface area contributed by atoms with Crippen molar-refractivity contribution in [3.05, 3.63) is 33.2 Å². The van der Waals surface area contributed by atoms with Crippen LogP contribution in [0.1, 0.15) is 27.9 Å². The maximum Gasteiger partial charge on any atom is 0.269 e. The van der Waals surface area contributed by atoms with E-state index in [2.05, 4.69) is 0 Å². The van der Waals surface area contributed by atoms with Crippen LogP contribution in [-0.2, 0) is 0 Å². The number of hydrogen-bond acceptors (Lipinski definition) is 2. The number of pyridine rings is 1. The van der Waals surface area contributed by atoms with Gasteiger partial charge in [0.2, 0.25) is 0 Å². The zero-order chi connectivity index (χ0) is 10.9. The van der Waals surface area contributed by atoms with Gasteiger partial charge in [0.05, 0.1) is 11.1 Å². The summed E-state index contributed by atoms with van der Waals surface area (Å²) in [5.41, 5.74) is -1.80. The summed E-state index contributed by atoms with van der Waals surface area (Å²) < 4.78 is 24.7. The average Bonchev–Trinajstić information content (AvgIpc) is 2.02. The summed E-state index contributed by atoms with van der Waals surface area (Å²) in [5.74, 6) is 0. The zero-order valence-electron chi connectivity index (χ0n) is 7.11. The summed E-state index contributed by atoms with van der Waals surface area (Å²) in [6.07, 6.45) is -1.89. The number of rotatable bonds is 2. The Hall–Kier alpha value is -1.23. The fourth-order valence-electron chi connectivity index (χ4n) is 1.11. The van der Waals surface area contributed by atoms with Crippen LogP contribution in [0.15, 0.2) is 11.0 Å². The molecule has 1 rings (SSSR count). The maximum atomic E-state index is 12.4. The lowest BCUT2D eigenvalue weighted by atomic mass is 10.1. The van der Waals surface area contributed by atoms with Crippen molar-refractivity contribution in [2.75, 3.05) is 0 Å². The van der Waals surface area contributed by atoms with Gasteiger partial charge in [0.25, 0.3) is 17.2 Å². The number of alkyl halides is 2. The SMILES string of the molecule is Cc1c(C(=O)Cl)c[nH]c(=O)c1C(F)F. The third kappa shape index (κ3) is 1.82. The summed E-state index contributed by atoms with van der Waals surface area (Å²) in [7, 11) is 0. The van der Waals surface area contributed by atoms with E-state index in [1.165, 1.54) is 6.92 Å². The van der Waals surface area contributed by atoms with Crippen molar-refractivity contribution in [2.45, 2.75) is 13.3 Å². The Labute approximate surface area is 82.7 Å². The summed E-state index contributed by atoms with van der Waals surface area (Å²) in [6, 6.07) is 0. The summed E-state index contributed by atoms with van der Waals surface area (Å²) in [5, 5.41) is -0.874. The van der Waals surface area contributed by atoms with Crippen molar-refractivity contribution in [1.82, 2.24) is 4.98 Å². The number of carbonyl (C=O) groups is 1. The molecule has 6 heteroatoms. The standard InChI is InChI=1S/C8H6ClF2NO2/c1-3-4(6(9)13)2-12-8(14)5(3)7(10)11/h2,7H,1H3,(H,12,14). The van der Waals surface area contributed by atoms with Crippen LogP contribution in [-0.4, -0.2) is 10.2 Å². The topological polar surface area (TPSA) is 49.9 Å². The Morgan fingerprint density at radius 2 is 2.14 bits per heavy atom. The minimum Gasteiger partial charge on any atom is -0.328 e. The van der Waals surface area contributed by atoms with Crippen molar-refractivity contribution in [1.29, 1.82) is 0 Å². The van der Waals surface area contributed by atoms with Crippen LogP contribution in [0.25, 0.3) is 0 Å². The van der Waals surface area contributed by atoms with Crippen LogP contribution in [0, 0.1) is 6.92 Å². The number of aromatic nitrogens is 1. The third-order valence-corrected chi connectivity index (χ3v) is 2.03. The number of carbonyl (C=O) groups excluding carboxylic acids is 1. The number of aromatic amines is 1. The first-order chi connectivity index (χ1) is 6.45. The molecular formula is C8H6ClF2NO2. The van der Waals surface area contributed by atoms with Crippen LogP contribution in [0.4, 0.5) is 8.78 Å². The number of H-pyrrole nitrogens is 1. The molecule has 14 heavy (non-hydrogen) atoms. The van der Waals surface area contributed by atoms with Gasteiger partial charge in [-0.15, -0.1) is 0 Å². The van der Waals surface area contributed by atoms with Crippen LogP contribution in [0.5, 0.6) is 0 Å². The highest BCUT2D eigenvalue weighted by Gasteiger charge is 2.19. The molecule has 0 bridgehead atoms. The number of nitrogens with one attached hydrogen (secondary N) is 1. The van der Waals surface area contributed by atoms with Crippen LogP contribution < -0.4 is 5.56 Å². The molecule has 0 aromatic carbocycles. The Morgan fingerprint density at radius 1 is 1.57 bits per heavy atom. The largest absolute Gasteiger partial charge is 0.328 e. The Kier molecular flexibility index (Phi) is 3.00. The molecule has 0 saturated carbocycles. The minimum absolute atomic E-state index is 0.0799. The van der Waals surface area contributed by atoms with Gasteiger partial charge in [-0.05, 0) is 24.1 Å². The maximum absolute atomic E-state index is 12.4. The van der Waals surface area contributed by atoms with E-state index in [0.29, 0.717) is 0 Å². The normalized spacial score (nSPS) is 10.6. The first-order valence-electron chi connectivity index (χ1n) is 3.65. The molecule has 1 heterocycles. The first-order valence-corrected chi connectivity index (χ1v) is 4.03. The second-order valence-corrected chi connectivity index (χ2v) is 2.99. The van der Waals surface area contributed by atoms with Gasteiger partial charge in [-0.25, -0.2) is 8.78 Å². The quantitative estimate of drug-likeness (QED) is 0.777. The molecule has 0 atom stereocenters. The van der Waals surface area contributed by atoms with Crippen molar-refractivity contribution in [3.8, 4) is 0 Å². The number of halogens is 3. The highest BCUT2D eigenvalue weighted by molar-refractivity contribution is 6.67. The molecule has 0 amide bonds. The number of hydrogen-bond donors (Lipinski definition) is 1. The van der Waals surface area contributed by atoms with Crippen molar-refractivity contribution < 1.29 is 13.6 Å². The molecular weight excluding hydrogens is 216 g/mol. The lowest BCUT2D eigenvalue weighted by molar-refractivity contribution is 0.107.